The molecule has 3 rings (SSSR count). The fourth-order valence-corrected chi connectivity index (χ4v) is 4.68. The summed E-state index contributed by atoms with van der Waals surface area (Å²) in [5.74, 6) is -0.488. The fraction of sp³-hybridized carbons (Fsp3) is 0.964. The summed E-state index contributed by atoms with van der Waals surface area (Å²) in [5, 5.41) is 58.5. The molecule has 45 heavy (non-hydrogen) atoms. The zero-order chi connectivity index (χ0) is 34.8. The van der Waals surface area contributed by atoms with Gasteiger partial charge in [0.15, 0.2) is 6.29 Å². The van der Waals surface area contributed by atoms with Crippen LogP contribution in [0.3, 0.4) is 0 Å². The van der Waals surface area contributed by atoms with Gasteiger partial charge in [-0.25, -0.2) is 0 Å². The van der Waals surface area contributed by atoms with E-state index in [-0.39, 0.29) is 44.7 Å². The predicted molar refractivity (Wildman–Crippen MR) is 165 cm³/mol. The summed E-state index contributed by atoms with van der Waals surface area (Å²) >= 11 is 0. The number of aliphatic hydroxyl groups excluding tert-OH is 6. The van der Waals surface area contributed by atoms with Gasteiger partial charge in [-0.05, 0) is 56.5 Å². The van der Waals surface area contributed by atoms with E-state index in [2.05, 4.69) is 20.3 Å². The molecular formula is C28H62FN5O11. The molecule has 17 heteroatoms. The van der Waals surface area contributed by atoms with Gasteiger partial charge in [0.05, 0.1) is 24.9 Å². The van der Waals surface area contributed by atoms with Crippen LogP contribution in [0.15, 0.2) is 0 Å². The summed E-state index contributed by atoms with van der Waals surface area (Å²) in [6.07, 6.45) is -2.15. The van der Waals surface area contributed by atoms with Gasteiger partial charge in [0.25, 0.3) is 0 Å². The van der Waals surface area contributed by atoms with Crippen molar-refractivity contribution in [3.63, 3.8) is 0 Å². The third-order valence-corrected chi connectivity index (χ3v) is 6.65. The molecule has 2 heterocycles. The standard InChI is InChI=1S/C18H37N5O5.C5H9FO4.C2H6O.C2H6.CH4O/c19-5-4-14(24)18(26)23-11-8-13(21)17(15(25)9-11)28-16-3-1-2-12(27-16)10-22-7-6-20;6-10-5-4(8)1-3(7)2-9-5;1-2-3;2*1-2/h11-17,22,24-25H,1-10,19-21H2,(H,23,26);3-5,7-8H,1-2H2;3H,2H2,1H3;1-2H3;2H,1H3/t11?,12?,13?,14?,15?,16-,17-;;;;/m1..../s1. The van der Waals surface area contributed by atoms with Crippen molar-refractivity contribution in [1.82, 2.24) is 10.6 Å². The molecule has 16 nitrogen and oxygen atoms in total. The maximum absolute atomic E-state index is 12.0. The Morgan fingerprint density at radius 2 is 1.71 bits per heavy atom. The lowest BCUT2D eigenvalue weighted by molar-refractivity contribution is -0.324. The molecule has 1 aliphatic carbocycles. The Kier molecular flexibility index (Phi) is 29.6. The number of carbonyl (C=O) groups excluding carboxylic acids is 1. The van der Waals surface area contributed by atoms with E-state index in [0.717, 1.165) is 39.5 Å². The highest BCUT2D eigenvalue weighted by atomic mass is 19.3. The molecule has 2 saturated heterocycles. The van der Waals surface area contributed by atoms with Crippen molar-refractivity contribution in [2.24, 2.45) is 17.2 Å². The second-order valence-electron chi connectivity index (χ2n) is 10.3. The maximum atomic E-state index is 12.0. The molecule has 8 unspecified atom stereocenters. The van der Waals surface area contributed by atoms with Crippen LogP contribution in [0.1, 0.15) is 65.7 Å². The Morgan fingerprint density at radius 1 is 1.07 bits per heavy atom. The quantitative estimate of drug-likeness (QED) is 0.102. The molecular weight excluding hydrogens is 601 g/mol. The normalized spacial score (nSPS) is 31.6. The largest absolute Gasteiger partial charge is 0.400 e. The van der Waals surface area contributed by atoms with E-state index < -0.39 is 55.0 Å². The highest BCUT2D eigenvalue weighted by Crippen LogP contribution is 2.27. The summed E-state index contributed by atoms with van der Waals surface area (Å²) in [4.78, 5) is 15.2. The van der Waals surface area contributed by atoms with E-state index in [0.29, 0.717) is 19.4 Å². The van der Waals surface area contributed by atoms with Gasteiger partial charge in [0, 0.05) is 51.9 Å². The minimum absolute atomic E-state index is 0.00560. The third-order valence-electron chi connectivity index (χ3n) is 6.65. The Morgan fingerprint density at radius 3 is 2.24 bits per heavy atom. The molecule has 3 aliphatic rings. The predicted octanol–water partition coefficient (Wildman–Crippen LogP) is -2.52. The summed E-state index contributed by atoms with van der Waals surface area (Å²) in [5.41, 5.74) is 17.1. The SMILES string of the molecule is CC.CCO.CO.NCCNCC1CCC[C@@H](O[C@@H]2C(N)CC(NC(=O)C(O)CCN)CC2O)O1.OC1COC(OF)C(O)C1. The van der Waals surface area contributed by atoms with Crippen LogP contribution in [0, 0.1) is 0 Å². The summed E-state index contributed by atoms with van der Waals surface area (Å²) in [6, 6.07) is -0.759. The number of hydrogen-bond donors (Lipinski definition) is 11. The van der Waals surface area contributed by atoms with Gasteiger partial charge in [-0.1, -0.05) is 13.8 Å². The number of rotatable bonds is 11. The zero-order valence-corrected chi connectivity index (χ0v) is 27.3. The smallest absolute Gasteiger partial charge is 0.249 e. The molecule has 0 aromatic heterocycles. The first-order chi connectivity index (χ1) is 21.6. The number of halogens is 1. The second kappa shape index (κ2) is 29.0. The molecule has 0 bridgehead atoms. The van der Waals surface area contributed by atoms with Crippen molar-refractivity contribution < 1.29 is 59.1 Å². The van der Waals surface area contributed by atoms with Crippen LogP contribution in [0.2, 0.25) is 0 Å². The Balaban J connectivity index is 0. The highest BCUT2D eigenvalue weighted by molar-refractivity contribution is 5.80. The van der Waals surface area contributed by atoms with Gasteiger partial charge >= 0.3 is 0 Å². The molecule has 1 saturated carbocycles. The lowest BCUT2D eigenvalue weighted by Crippen LogP contribution is -2.58. The first-order valence-electron chi connectivity index (χ1n) is 15.7. The Labute approximate surface area is 266 Å². The molecule has 0 spiro atoms. The molecule has 1 amide bonds. The first-order valence-corrected chi connectivity index (χ1v) is 15.7. The zero-order valence-electron chi connectivity index (χ0n) is 27.3. The van der Waals surface area contributed by atoms with Crippen LogP contribution in [0.4, 0.5) is 4.53 Å². The van der Waals surface area contributed by atoms with Gasteiger partial charge in [-0.3, -0.25) is 4.79 Å². The molecule has 10 atom stereocenters. The second-order valence-corrected chi connectivity index (χ2v) is 10.3. The van der Waals surface area contributed by atoms with Crippen molar-refractivity contribution in [3.05, 3.63) is 0 Å². The van der Waals surface area contributed by atoms with Crippen LogP contribution in [-0.4, -0.2) is 144 Å². The monoisotopic (exact) mass is 663 g/mol. The summed E-state index contributed by atoms with van der Waals surface area (Å²) < 4.78 is 27.9. The lowest BCUT2D eigenvalue weighted by Gasteiger charge is -2.41. The minimum Gasteiger partial charge on any atom is -0.400 e. The van der Waals surface area contributed by atoms with Crippen LogP contribution in [-0.2, 0) is 23.9 Å². The molecule has 0 radical (unpaired) electrons. The average molecular weight is 664 g/mol. The summed E-state index contributed by atoms with van der Waals surface area (Å²) in [7, 11) is 1.00. The molecule has 3 fully saturated rings. The molecule has 14 N–H and O–H groups in total. The van der Waals surface area contributed by atoms with E-state index in [1.165, 1.54) is 0 Å². The van der Waals surface area contributed by atoms with E-state index in [1.54, 1.807) is 6.92 Å². The Hall–Kier alpha value is -1.16. The molecule has 0 aromatic rings. The number of carbonyl (C=O) groups is 1. The van der Waals surface area contributed by atoms with Crippen LogP contribution in [0.25, 0.3) is 0 Å². The van der Waals surface area contributed by atoms with Gasteiger partial charge in [-0.15, -0.1) is 0 Å². The fourth-order valence-electron chi connectivity index (χ4n) is 4.68. The van der Waals surface area contributed by atoms with Crippen molar-refractivity contribution in [2.75, 3.05) is 46.5 Å². The van der Waals surface area contributed by atoms with E-state index >= 15 is 0 Å². The van der Waals surface area contributed by atoms with Crippen LogP contribution in [0.5, 0.6) is 0 Å². The van der Waals surface area contributed by atoms with E-state index in [9.17, 15) is 19.5 Å². The van der Waals surface area contributed by atoms with Crippen molar-refractivity contribution in [1.29, 1.82) is 0 Å². The van der Waals surface area contributed by atoms with E-state index in [4.69, 9.17) is 47.1 Å². The van der Waals surface area contributed by atoms with Gasteiger partial charge in [0.2, 0.25) is 12.2 Å². The molecule has 272 valence electrons. The number of ether oxygens (including phenoxy) is 3. The molecule has 0 aromatic carbocycles. The van der Waals surface area contributed by atoms with Crippen molar-refractivity contribution >= 4 is 5.91 Å². The lowest BCUT2D eigenvalue weighted by atomic mass is 9.86. The topological polar surface area (TPSA) is 277 Å². The van der Waals surface area contributed by atoms with Gasteiger partial charge < -0.3 is 72.7 Å². The summed E-state index contributed by atoms with van der Waals surface area (Å²) in [6.45, 7) is 8.20. The van der Waals surface area contributed by atoms with Crippen LogP contribution >= 0.6 is 0 Å². The first kappa shape index (κ1) is 46.0. The number of nitrogens with two attached hydrogens (primary N) is 3. The van der Waals surface area contributed by atoms with E-state index in [1.807, 2.05) is 13.8 Å². The van der Waals surface area contributed by atoms with Gasteiger partial charge in [0.1, 0.15) is 18.3 Å². The minimum atomic E-state index is -1.23. The third kappa shape index (κ3) is 20.0. The van der Waals surface area contributed by atoms with Crippen molar-refractivity contribution in [2.45, 2.75) is 127 Å². The number of nitrogens with one attached hydrogen (secondary N) is 2. The number of hydrogen-bond acceptors (Lipinski definition) is 15. The van der Waals surface area contributed by atoms with Crippen LogP contribution < -0.4 is 27.8 Å². The maximum Gasteiger partial charge on any atom is 0.249 e. The number of aliphatic hydroxyl groups is 6. The Bertz CT molecular complexity index is 683. The number of amides is 1. The molecule has 2 aliphatic heterocycles. The highest BCUT2D eigenvalue weighted by Gasteiger charge is 2.39. The van der Waals surface area contributed by atoms with Crippen molar-refractivity contribution in [3.8, 4) is 0 Å². The van der Waals surface area contributed by atoms with Gasteiger partial charge in [-0.2, -0.15) is 4.94 Å². The average Bonchev–Trinajstić information content (AvgIpc) is 3.02.